The molecule has 1 fully saturated rings. The third-order valence-electron chi connectivity index (χ3n) is 5.79. The number of ether oxygens (including phenoxy) is 2. The van der Waals surface area contributed by atoms with E-state index in [2.05, 4.69) is 5.32 Å². The van der Waals surface area contributed by atoms with Crippen molar-refractivity contribution in [3.05, 3.63) is 51.6 Å². The highest BCUT2D eigenvalue weighted by Crippen LogP contribution is 2.38. The second-order valence-corrected chi connectivity index (χ2v) is 11.0. The van der Waals surface area contributed by atoms with Crippen LogP contribution in [0.5, 0.6) is 5.75 Å². The van der Waals surface area contributed by atoms with Gasteiger partial charge in [-0.05, 0) is 43.3 Å². The van der Waals surface area contributed by atoms with Gasteiger partial charge in [0.1, 0.15) is 17.7 Å². The first-order valence-electron chi connectivity index (χ1n) is 10.5. The van der Waals surface area contributed by atoms with Gasteiger partial charge in [-0.2, -0.15) is 4.31 Å². The van der Waals surface area contributed by atoms with Gasteiger partial charge < -0.3 is 14.8 Å². The van der Waals surface area contributed by atoms with Gasteiger partial charge in [-0.15, -0.1) is 11.3 Å². The monoisotopic (exact) mass is 495 g/mol. The summed E-state index contributed by atoms with van der Waals surface area (Å²) in [6, 6.07) is 6.15. The summed E-state index contributed by atoms with van der Waals surface area (Å²) in [5, 5.41) is 5.27. The number of thiophene rings is 1. The van der Waals surface area contributed by atoms with Crippen LogP contribution in [0.1, 0.15) is 30.2 Å². The van der Waals surface area contributed by atoms with Crippen LogP contribution in [0.4, 0.5) is 14.9 Å². The fourth-order valence-corrected chi connectivity index (χ4v) is 5.83. The summed E-state index contributed by atoms with van der Waals surface area (Å²) in [7, 11) is -2.00. The van der Waals surface area contributed by atoms with E-state index < -0.39 is 28.0 Å². The molecule has 1 atom stereocenters. The van der Waals surface area contributed by atoms with Crippen molar-refractivity contribution in [1.82, 2.24) is 9.21 Å². The average molecular weight is 496 g/mol. The summed E-state index contributed by atoms with van der Waals surface area (Å²) in [6.07, 6.45) is 1.62. The highest BCUT2D eigenvalue weighted by Gasteiger charge is 2.30. The van der Waals surface area contributed by atoms with Crippen molar-refractivity contribution in [3.63, 3.8) is 0 Å². The van der Waals surface area contributed by atoms with E-state index in [0.29, 0.717) is 43.0 Å². The Balaban J connectivity index is 1.64. The Morgan fingerprint density at radius 3 is 2.82 bits per heavy atom. The number of hydrogen-bond acceptors (Lipinski definition) is 7. The number of nitrogens with one attached hydrogen (secondary N) is 1. The minimum Gasteiger partial charge on any atom is -0.487 e. The number of amides is 1. The van der Waals surface area contributed by atoms with Crippen LogP contribution in [0.3, 0.4) is 0 Å². The van der Waals surface area contributed by atoms with Gasteiger partial charge in [-0.1, -0.05) is 0 Å². The van der Waals surface area contributed by atoms with E-state index >= 15 is 0 Å². The van der Waals surface area contributed by atoms with E-state index in [4.69, 9.17) is 9.47 Å². The molecule has 0 radical (unpaired) electrons. The average Bonchev–Trinajstić information content (AvgIpc) is 3.24. The second kappa shape index (κ2) is 9.32. The maximum Gasteiger partial charge on any atom is 0.414 e. The van der Waals surface area contributed by atoms with Gasteiger partial charge in [0.05, 0.1) is 37.8 Å². The van der Waals surface area contributed by atoms with Crippen LogP contribution in [-0.4, -0.2) is 56.3 Å². The lowest BCUT2D eigenvalue weighted by Crippen LogP contribution is -2.43. The van der Waals surface area contributed by atoms with Gasteiger partial charge in [0.2, 0.25) is 10.0 Å². The number of rotatable bonds is 5. The molecule has 0 aliphatic carbocycles. The predicted octanol–water partition coefficient (Wildman–Crippen LogP) is 4.07. The zero-order chi connectivity index (χ0) is 23.8. The number of benzene rings is 1. The normalized spacial score (nSPS) is 19.3. The highest BCUT2D eigenvalue weighted by molar-refractivity contribution is 7.88. The number of anilines is 1. The number of methoxy groups -OCH3 is 1. The number of nitrogens with zero attached hydrogens (tertiary/aromatic N) is 2. The van der Waals surface area contributed by atoms with E-state index in [1.165, 1.54) is 46.0 Å². The first-order valence-corrected chi connectivity index (χ1v) is 13.2. The molecule has 1 amide bonds. The largest absolute Gasteiger partial charge is 0.487 e. The Bertz CT molecular complexity index is 1190. The van der Waals surface area contributed by atoms with Crippen LogP contribution < -0.4 is 10.1 Å². The lowest BCUT2D eigenvalue weighted by molar-refractivity contribution is 0.130. The molecule has 0 saturated carbocycles. The van der Waals surface area contributed by atoms with Gasteiger partial charge in [-0.3, -0.25) is 4.90 Å². The molecule has 2 aliphatic heterocycles. The lowest BCUT2D eigenvalue weighted by atomic mass is 10.1. The van der Waals surface area contributed by atoms with Crippen molar-refractivity contribution >= 4 is 38.8 Å². The zero-order valence-corrected chi connectivity index (χ0v) is 20.3. The van der Waals surface area contributed by atoms with Crippen molar-refractivity contribution < 1.29 is 27.1 Å². The maximum absolute atomic E-state index is 14.1. The molecule has 1 aromatic heterocycles. The smallest absolute Gasteiger partial charge is 0.414 e. The number of carbonyl (C=O) groups excluding carboxylic acids is 1. The molecule has 3 heterocycles. The van der Waals surface area contributed by atoms with Crippen LogP contribution in [0.15, 0.2) is 35.3 Å². The number of carbonyl (C=O) groups is 1. The predicted molar refractivity (Wildman–Crippen MR) is 125 cm³/mol. The van der Waals surface area contributed by atoms with Gasteiger partial charge in [-0.25, -0.2) is 17.6 Å². The Morgan fingerprint density at radius 2 is 2.09 bits per heavy atom. The number of allylic oxidation sites excluding steroid dienone is 1. The molecule has 0 bridgehead atoms. The molecule has 0 unspecified atom stereocenters. The van der Waals surface area contributed by atoms with E-state index in [1.54, 1.807) is 6.07 Å². The maximum atomic E-state index is 14.1. The zero-order valence-electron chi connectivity index (χ0n) is 18.6. The highest BCUT2D eigenvalue weighted by atomic mass is 32.2. The van der Waals surface area contributed by atoms with E-state index in [-0.39, 0.29) is 12.3 Å². The number of halogens is 1. The molecule has 1 aromatic carbocycles. The molecule has 33 heavy (non-hydrogen) atoms. The van der Waals surface area contributed by atoms with E-state index in [9.17, 15) is 17.6 Å². The molecule has 0 spiro atoms. The third-order valence-corrected chi connectivity index (χ3v) is 7.96. The Kier molecular flexibility index (Phi) is 6.64. The number of hydrogen-bond donors (Lipinski definition) is 1. The van der Waals surface area contributed by atoms with Gasteiger partial charge in [0.25, 0.3) is 0 Å². The van der Waals surface area contributed by atoms with Crippen molar-refractivity contribution in [2.75, 3.05) is 31.8 Å². The quantitative estimate of drug-likeness (QED) is 0.673. The summed E-state index contributed by atoms with van der Waals surface area (Å²) in [6.45, 7) is 2.88. The second-order valence-electron chi connectivity index (χ2n) is 8.04. The minimum atomic E-state index is -3.34. The van der Waals surface area contributed by atoms with Gasteiger partial charge >= 0.3 is 6.09 Å². The van der Waals surface area contributed by atoms with Crippen LogP contribution in [0.2, 0.25) is 0 Å². The van der Waals surface area contributed by atoms with Crippen molar-refractivity contribution in [3.8, 4) is 5.75 Å². The molecule has 2 aromatic rings. The molecular formula is C22H26FN3O5S2. The molecule has 1 N–H and O–H groups in total. The molecular weight excluding hydrogens is 469 g/mol. The summed E-state index contributed by atoms with van der Waals surface area (Å²) < 4.78 is 50.5. The third kappa shape index (κ3) is 4.99. The summed E-state index contributed by atoms with van der Waals surface area (Å²) >= 11 is 1.53. The van der Waals surface area contributed by atoms with Crippen LogP contribution in [0, 0.1) is 5.82 Å². The summed E-state index contributed by atoms with van der Waals surface area (Å²) in [4.78, 5) is 14.8. The molecule has 8 nitrogen and oxygen atoms in total. The van der Waals surface area contributed by atoms with Crippen LogP contribution in [0.25, 0.3) is 5.70 Å². The fraction of sp³-hybridized carbons (Fsp3) is 0.409. The first-order chi connectivity index (χ1) is 15.7. The lowest BCUT2D eigenvalue weighted by Gasteiger charge is -2.32. The SMILES string of the molecule is COC(=O)N1Cc2sccc2C(Nc2ccc(F)cc2O[C@@H]2CCCN(S(C)(=O)=O)C2)=C1C. The first kappa shape index (κ1) is 23.5. The van der Waals surface area contributed by atoms with Crippen LogP contribution >= 0.6 is 11.3 Å². The Hall–Kier alpha value is -2.63. The number of sulfonamides is 1. The minimum absolute atomic E-state index is 0.210. The van der Waals surface area contributed by atoms with Crippen LogP contribution in [-0.2, 0) is 21.3 Å². The van der Waals surface area contributed by atoms with Crippen molar-refractivity contribution in [1.29, 1.82) is 0 Å². The Morgan fingerprint density at radius 1 is 1.30 bits per heavy atom. The number of piperidine rings is 1. The van der Waals surface area contributed by atoms with Gasteiger partial charge in [0, 0.05) is 28.7 Å². The molecule has 178 valence electrons. The van der Waals surface area contributed by atoms with E-state index in [1.807, 2.05) is 18.4 Å². The summed E-state index contributed by atoms with van der Waals surface area (Å²) in [5.74, 6) is -0.185. The topological polar surface area (TPSA) is 88.2 Å². The van der Waals surface area contributed by atoms with E-state index in [0.717, 1.165) is 10.4 Å². The summed E-state index contributed by atoms with van der Waals surface area (Å²) in [5.41, 5.74) is 2.84. The van der Waals surface area contributed by atoms with Crippen molar-refractivity contribution in [2.24, 2.45) is 0 Å². The standard InChI is InChI=1S/C22H26FN3O5S2/c1-14-21(17-8-10-32-20(17)13-26(14)22(27)30-2)24-18-7-6-15(23)11-19(18)31-16-5-4-9-25(12-16)33(3,28)29/h6-8,10-11,16,24H,4-5,9,12-13H2,1-3H3/t16-/m1/s1. The molecule has 2 aliphatic rings. The van der Waals surface area contributed by atoms with Crippen molar-refractivity contribution in [2.45, 2.75) is 32.4 Å². The Labute approximate surface area is 196 Å². The number of fused-ring (bicyclic) bond motifs is 1. The van der Waals surface area contributed by atoms with Gasteiger partial charge in [0.15, 0.2) is 0 Å². The molecule has 11 heteroatoms. The molecule has 4 rings (SSSR count). The molecule has 1 saturated heterocycles. The fourth-order valence-electron chi connectivity index (χ4n) is 4.06.